The standard InChI is InChI=1S/C29H28N2O5/c1-34-22-12-19(13-30-14-22)28(32)18-10-20-15-35-16-21(11-18)31(20)29(33)36-17-27-25-8-4-2-6-23(25)24-7-3-5-9-26(24)27/h2-9,12-14,18,20-21,27H,10-11,15-17H2,1H3. The second-order valence-electron chi connectivity index (χ2n) is 9.70. The molecule has 0 saturated carbocycles. The van der Waals surface area contributed by atoms with E-state index in [1.165, 1.54) is 22.3 Å². The highest BCUT2D eigenvalue weighted by Crippen LogP contribution is 2.44. The monoisotopic (exact) mass is 484 g/mol. The molecule has 2 aliphatic heterocycles. The highest BCUT2D eigenvalue weighted by Gasteiger charge is 2.45. The zero-order valence-electron chi connectivity index (χ0n) is 20.1. The predicted molar refractivity (Wildman–Crippen MR) is 133 cm³/mol. The van der Waals surface area contributed by atoms with Gasteiger partial charge in [-0.25, -0.2) is 4.79 Å². The van der Waals surface area contributed by atoms with E-state index in [-0.39, 0.29) is 42.4 Å². The third kappa shape index (κ3) is 3.93. The molecule has 184 valence electrons. The highest BCUT2D eigenvalue weighted by atomic mass is 16.6. The molecule has 2 aromatic carbocycles. The quantitative estimate of drug-likeness (QED) is 0.489. The molecule has 36 heavy (non-hydrogen) atoms. The second kappa shape index (κ2) is 9.39. The molecule has 2 atom stereocenters. The van der Waals surface area contributed by atoms with Gasteiger partial charge in [0.1, 0.15) is 12.4 Å². The number of nitrogens with zero attached hydrogens (tertiary/aromatic N) is 2. The first-order valence-electron chi connectivity index (χ1n) is 12.4. The minimum Gasteiger partial charge on any atom is -0.495 e. The molecule has 3 aliphatic rings. The van der Waals surface area contributed by atoms with E-state index in [4.69, 9.17) is 14.2 Å². The summed E-state index contributed by atoms with van der Waals surface area (Å²) < 4.78 is 16.9. The molecular formula is C29H28N2O5. The summed E-state index contributed by atoms with van der Waals surface area (Å²) in [7, 11) is 1.56. The summed E-state index contributed by atoms with van der Waals surface area (Å²) in [5.74, 6) is 0.401. The average Bonchev–Trinajstić information content (AvgIpc) is 3.24. The Hall–Kier alpha value is -3.71. The lowest BCUT2D eigenvalue weighted by Crippen LogP contribution is -2.60. The maximum Gasteiger partial charge on any atom is 0.410 e. The van der Waals surface area contributed by atoms with E-state index in [9.17, 15) is 9.59 Å². The van der Waals surface area contributed by atoms with E-state index < -0.39 is 0 Å². The number of morpholine rings is 1. The molecule has 0 N–H and O–H groups in total. The van der Waals surface area contributed by atoms with Crippen LogP contribution in [-0.2, 0) is 9.47 Å². The van der Waals surface area contributed by atoms with Gasteiger partial charge in [0.2, 0.25) is 0 Å². The molecule has 1 aromatic heterocycles. The van der Waals surface area contributed by atoms with Gasteiger partial charge in [-0.05, 0) is 41.2 Å². The first-order valence-corrected chi connectivity index (χ1v) is 12.4. The molecule has 0 radical (unpaired) electrons. The van der Waals surface area contributed by atoms with Gasteiger partial charge in [-0.2, -0.15) is 0 Å². The summed E-state index contributed by atoms with van der Waals surface area (Å²) in [5.41, 5.74) is 5.31. The highest BCUT2D eigenvalue weighted by molar-refractivity contribution is 5.98. The number of piperidine rings is 1. The maximum absolute atomic E-state index is 13.4. The van der Waals surface area contributed by atoms with Crippen molar-refractivity contribution in [2.45, 2.75) is 30.8 Å². The van der Waals surface area contributed by atoms with Crippen LogP contribution in [0.4, 0.5) is 4.79 Å². The molecule has 6 rings (SSSR count). The molecule has 1 aliphatic carbocycles. The minimum atomic E-state index is -0.330. The Kier molecular flexibility index (Phi) is 5.93. The van der Waals surface area contributed by atoms with Crippen LogP contribution in [0.1, 0.15) is 40.2 Å². The fourth-order valence-corrected chi connectivity index (χ4v) is 6.00. The minimum absolute atomic E-state index is 0.0112. The van der Waals surface area contributed by atoms with Crippen LogP contribution in [0.25, 0.3) is 11.1 Å². The van der Waals surface area contributed by atoms with Crippen LogP contribution in [-0.4, -0.2) is 60.8 Å². The van der Waals surface area contributed by atoms with Crippen molar-refractivity contribution in [1.82, 2.24) is 9.88 Å². The molecule has 0 spiro atoms. The first-order chi connectivity index (χ1) is 17.6. The van der Waals surface area contributed by atoms with Gasteiger partial charge < -0.3 is 14.2 Å². The lowest BCUT2D eigenvalue weighted by atomic mass is 9.81. The number of rotatable bonds is 5. The summed E-state index contributed by atoms with van der Waals surface area (Å²) in [5, 5.41) is 0. The number of carbonyl (C=O) groups is 2. The van der Waals surface area contributed by atoms with Gasteiger partial charge in [0.15, 0.2) is 5.78 Å². The summed E-state index contributed by atoms with van der Waals surface area (Å²) in [6, 6.07) is 17.9. The number of ether oxygens (including phenoxy) is 3. The van der Waals surface area contributed by atoms with Crippen molar-refractivity contribution in [1.29, 1.82) is 0 Å². The van der Waals surface area contributed by atoms with Crippen LogP contribution >= 0.6 is 0 Å². The van der Waals surface area contributed by atoms with Crippen molar-refractivity contribution in [2.24, 2.45) is 5.92 Å². The van der Waals surface area contributed by atoms with Crippen LogP contribution in [0, 0.1) is 5.92 Å². The Morgan fingerprint density at radius 3 is 2.25 bits per heavy atom. The smallest absolute Gasteiger partial charge is 0.410 e. The van der Waals surface area contributed by atoms with E-state index in [1.54, 1.807) is 25.6 Å². The Bertz CT molecular complexity index is 1250. The molecule has 2 fully saturated rings. The number of carbonyl (C=O) groups excluding carboxylic acids is 2. The van der Waals surface area contributed by atoms with E-state index in [2.05, 4.69) is 29.2 Å². The summed E-state index contributed by atoms with van der Waals surface area (Å²) in [6.07, 6.45) is 3.91. The second-order valence-corrected chi connectivity index (χ2v) is 9.70. The van der Waals surface area contributed by atoms with Crippen molar-refractivity contribution in [3.63, 3.8) is 0 Å². The molecule has 2 saturated heterocycles. The van der Waals surface area contributed by atoms with Crippen molar-refractivity contribution in [3.8, 4) is 16.9 Å². The number of Topliss-reactive ketones (excluding diaryl/α,β-unsaturated/α-hetero) is 1. The summed E-state index contributed by atoms with van der Waals surface area (Å²) in [6.45, 7) is 1.09. The Balaban J connectivity index is 1.16. The molecule has 1 amide bonds. The van der Waals surface area contributed by atoms with Crippen molar-refractivity contribution in [2.75, 3.05) is 26.9 Å². The van der Waals surface area contributed by atoms with Gasteiger partial charge in [0.05, 0.1) is 38.6 Å². The Labute approximate surface area is 210 Å². The normalized spacial score (nSPS) is 22.5. The van der Waals surface area contributed by atoms with E-state index >= 15 is 0 Å². The van der Waals surface area contributed by atoms with Crippen LogP contribution in [0.3, 0.4) is 0 Å². The summed E-state index contributed by atoms with van der Waals surface area (Å²) in [4.78, 5) is 32.5. The number of fused-ring (bicyclic) bond motifs is 5. The Morgan fingerprint density at radius 2 is 1.61 bits per heavy atom. The van der Waals surface area contributed by atoms with Crippen molar-refractivity contribution >= 4 is 11.9 Å². The number of hydrogen-bond acceptors (Lipinski definition) is 6. The Morgan fingerprint density at radius 1 is 0.972 bits per heavy atom. The molecule has 7 nitrogen and oxygen atoms in total. The lowest BCUT2D eigenvalue weighted by molar-refractivity contribution is -0.0747. The van der Waals surface area contributed by atoms with Gasteiger partial charge in [0, 0.05) is 23.6 Å². The maximum atomic E-state index is 13.4. The van der Waals surface area contributed by atoms with E-state index in [0.29, 0.717) is 37.4 Å². The molecule has 3 heterocycles. The topological polar surface area (TPSA) is 78.0 Å². The molecule has 2 bridgehead atoms. The van der Waals surface area contributed by atoms with Crippen LogP contribution in [0.5, 0.6) is 5.75 Å². The van der Waals surface area contributed by atoms with Gasteiger partial charge in [-0.15, -0.1) is 0 Å². The molecule has 3 aromatic rings. The predicted octanol–water partition coefficient (Wildman–Crippen LogP) is 4.70. The number of ketones is 1. The number of hydrogen-bond donors (Lipinski definition) is 0. The van der Waals surface area contributed by atoms with Crippen molar-refractivity contribution in [3.05, 3.63) is 83.7 Å². The number of pyridine rings is 1. The zero-order valence-corrected chi connectivity index (χ0v) is 20.1. The zero-order chi connectivity index (χ0) is 24.6. The van der Waals surface area contributed by atoms with Crippen molar-refractivity contribution < 1.29 is 23.8 Å². The largest absolute Gasteiger partial charge is 0.495 e. The lowest BCUT2D eigenvalue weighted by Gasteiger charge is -2.47. The fraction of sp³-hybridized carbons (Fsp3) is 0.345. The van der Waals surface area contributed by atoms with Gasteiger partial charge >= 0.3 is 6.09 Å². The first kappa shape index (κ1) is 22.7. The fourth-order valence-electron chi connectivity index (χ4n) is 6.00. The number of amides is 1. The number of methoxy groups -OCH3 is 1. The van der Waals surface area contributed by atoms with E-state index in [0.717, 1.165) is 0 Å². The summed E-state index contributed by atoms with van der Waals surface area (Å²) >= 11 is 0. The van der Waals surface area contributed by atoms with Gasteiger partial charge in [0.25, 0.3) is 0 Å². The SMILES string of the molecule is COc1cncc(C(=O)C2CC3COCC(C2)N3C(=O)OCC2c3ccccc3-c3ccccc32)c1. The molecular weight excluding hydrogens is 456 g/mol. The van der Waals surface area contributed by atoms with Gasteiger partial charge in [-0.1, -0.05) is 48.5 Å². The third-order valence-electron chi connectivity index (χ3n) is 7.67. The van der Waals surface area contributed by atoms with Crippen LogP contribution < -0.4 is 4.74 Å². The van der Waals surface area contributed by atoms with E-state index in [1.807, 2.05) is 29.2 Å². The number of benzene rings is 2. The number of aromatic nitrogens is 1. The van der Waals surface area contributed by atoms with Crippen LogP contribution in [0.15, 0.2) is 67.0 Å². The third-order valence-corrected chi connectivity index (χ3v) is 7.67. The van der Waals surface area contributed by atoms with Gasteiger partial charge in [-0.3, -0.25) is 14.7 Å². The molecule has 7 heteroatoms. The molecule has 2 unspecified atom stereocenters. The average molecular weight is 485 g/mol. The van der Waals surface area contributed by atoms with Crippen LogP contribution in [0.2, 0.25) is 0 Å².